The van der Waals surface area contributed by atoms with Gasteiger partial charge in [-0.3, -0.25) is 4.90 Å². The third-order valence-electron chi connectivity index (χ3n) is 4.77. The summed E-state index contributed by atoms with van der Waals surface area (Å²) < 4.78 is 17.9. The average molecular weight is 388 g/mol. The van der Waals surface area contributed by atoms with Gasteiger partial charge in [0.25, 0.3) is 0 Å². The third kappa shape index (κ3) is 3.61. The molecule has 2 fully saturated rings. The lowest BCUT2D eigenvalue weighted by Gasteiger charge is -2.32. The quantitative estimate of drug-likeness (QED) is 0.568. The molecule has 150 valence electrons. The maximum atomic E-state index is 12.6. The minimum Gasteiger partial charge on any atom is -0.394 e. The molecule has 2 N–H and O–H groups in total. The normalized spacial score (nSPS) is 34.7. The van der Waals surface area contributed by atoms with Crippen molar-refractivity contribution < 1.29 is 24.1 Å². The van der Waals surface area contributed by atoms with Crippen LogP contribution in [-0.2, 0) is 14.2 Å². The zero-order valence-electron chi connectivity index (χ0n) is 15.7. The van der Waals surface area contributed by atoms with Crippen molar-refractivity contribution in [2.45, 2.75) is 37.0 Å². The first-order valence-electron chi connectivity index (χ1n) is 9.16. The molecule has 4 rings (SSSR count). The Hall–Kier alpha value is -2.46. The number of amides is 2. The van der Waals surface area contributed by atoms with E-state index in [1.807, 2.05) is 44.4 Å². The number of urea groups is 1. The van der Waals surface area contributed by atoms with E-state index in [0.717, 1.165) is 5.56 Å². The molecule has 28 heavy (non-hydrogen) atoms. The molecule has 1 aromatic carbocycles. The smallest absolute Gasteiger partial charge is 0.325 e. The number of ether oxygens (including phenoxy) is 3. The number of carbonyl (C=O) groups is 1. The Labute approximate surface area is 163 Å². The number of aliphatic imine (C=N–C) groups is 1. The Morgan fingerprint density at radius 3 is 2.64 bits per heavy atom. The van der Waals surface area contributed by atoms with E-state index in [0.29, 0.717) is 0 Å². The van der Waals surface area contributed by atoms with Gasteiger partial charge < -0.3 is 29.5 Å². The van der Waals surface area contributed by atoms with E-state index >= 15 is 0 Å². The first-order valence-corrected chi connectivity index (χ1v) is 9.16. The van der Waals surface area contributed by atoms with Crippen LogP contribution in [0, 0.1) is 0 Å². The Bertz CT molecular complexity index is 756. The fourth-order valence-corrected chi connectivity index (χ4v) is 3.46. The fraction of sp³-hybridized carbons (Fsp3) is 0.474. The Morgan fingerprint density at radius 1 is 1.21 bits per heavy atom. The van der Waals surface area contributed by atoms with E-state index in [1.165, 1.54) is 4.90 Å². The van der Waals surface area contributed by atoms with Gasteiger partial charge in [0.2, 0.25) is 0 Å². The Kier molecular flexibility index (Phi) is 5.31. The topological polar surface area (TPSA) is 95.9 Å². The molecule has 9 heteroatoms. The molecule has 3 aliphatic rings. The van der Waals surface area contributed by atoms with Crippen LogP contribution in [0.15, 0.2) is 47.6 Å². The zero-order valence-corrected chi connectivity index (χ0v) is 15.7. The number of rotatable bonds is 5. The summed E-state index contributed by atoms with van der Waals surface area (Å²) in [5.74, 6) is 0. The van der Waals surface area contributed by atoms with Crippen LogP contribution in [0.1, 0.15) is 11.9 Å². The highest BCUT2D eigenvalue weighted by Crippen LogP contribution is 2.41. The molecule has 3 aliphatic heterocycles. The average Bonchev–Trinajstić information content (AvgIpc) is 3.27. The van der Waals surface area contributed by atoms with Crippen molar-refractivity contribution in [1.82, 2.24) is 15.1 Å². The lowest BCUT2D eigenvalue weighted by molar-refractivity contribution is -0.157. The summed E-state index contributed by atoms with van der Waals surface area (Å²) in [7, 11) is 3.71. The number of carbonyl (C=O) groups excluding carboxylic acids is 1. The van der Waals surface area contributed by atoms with Gasteiger partial charge in [0.15, 0.2) is 12.5 Å². The van der Waals surface area contributed by atoms with Gasteiger partial charge in [-0.15, -0.1) is 0 Å². The second kappa shape index (κ2) is 7.88. The van der Waals surface area contributed by atoms with Gasteiger partial charge in [0.1, 0.15) is 24.5 Å². The lowest BCUT2D eigenvalue weighted by atomic mass is 10.1. The molecule has 0 aromatic heterocycles. The SMILES string of the molecule is CN(C)C=NC1C=CN([C@@H]2O[C@H](CO)[C@H]3OC(c4ccccc4)O[C@H]32)C(=O)N1. The second-order valence-electron chi connectivity index (χ2n) is 7.06. The van der Waals surface area contributed by atoms with Crippen LogP contribution in [0.3, 0.4) is 0 Å². The van der Waals surface area contributed by atoms with Crippen molar-refractivity contribution in [3.05, 3.63) is 48.2 Å². The van der Waals surface area contributed by atoms with Crippen molar-refractivity contribution in [1.29, 1.82) is 0 Å². The molecular formula is C19H24N4O5. The highest BCUT2D eigenvalue weighted by Gasteiger charge is 2.55. The van der Waals surface area contributed by atoms with Crippen molar-refractivity contribution in [3.63, 3.8) is 0 Å². The summed E-state index contributed by atoms with van der Waals surface area (Å²) in [5, 5.41) is 12.5. The summed E-state index contributed by atoms with van der Waals surface area (Å²) in [6.45, 7) is -0.225. The maximum absolute atomic E-state index is 12.6. The summed E-state index contributed by atoms with van der Waals surface area (Å²) in [6, 6.07) is 9.20. The number of aliphatic hydroxyl groups excluding tert-OH is 1. The molecule has 2 unspecified atom stereocenters. The highest BCUT2D eigenvalue weighted by molar-refractivity contribution is 5.77. The minimum atomic E-state index is -0.703. The number of nitrogens with one attached hydrogen (secondary N) is 1. The van der Waals surface area contributed by atoms with Gasteiger partial charge in [0, 0.05) is 25.9 Å². The molecule has 9 nitrogen and oxygen atoms in total. The lowest BCUT2D eigenvalue weighted by Crippen LogP contribution is -2.52. The van der Waals surface area contributed by atoms with E-state index in [-0.39, 0.29) is 12.6 Å². The van der Waals surface area contributed by atoms with E-state index in [2.05, 4.69) is 10.3 Å². The molecule has 0 radical (unpaired) electrons. The van der Waals surface area contributed by atoms with Gasteiger partial charge >= 0.3 is 6.03 Å². The summed E-state index contributed by atoms with van der Waals surface area (Å²) in [5.41, 5.74) is 0.879. The predicted molar refractivity (Wildman–Crippen MR) is 100 cm³/mol. The van der Waals surface area contributed by atoms with Gasteiger partial charge in [-0.2, -0.15) is 0 Å². The van der Waals surface area contributed by atoms with Crippen LogP contribution in [0.5, 0.6) is 0 Å². The summed E-state index contributed by atoms with van der Waals surface area (Å²) >= 11 is 0. The molecule has 0 saturated carbocycles. The van der Waals surface area contributed by atoms with Gasteiger partial charge in [-0.25, -0.2) is 9.79 Å². The molecule has 6 atom stereocenters. The van der Waals surface area contributed by atoms with Crippen LogP contribution in [0.4, 0.5) is 4.79 Å². The first-order chi connectivity index (χ1) is 13.6. The number of benzene rings is 1. The fourth-order valence-electron chi connectivity index (χ4n) is 3.46. The van der Waals surface area contributed by atoms with Crippen LogP contribution in [0.25, 0.3) is 0 Å². The zero-order chi connectivity index (χ0) is 19.7. The van der Waals surface area contributed by atoms with E-state index < -0.39 is 37.0 Å². The number of nitrogens with zero attached hydrogens (tertiary/aromatic N) is 3. The molecule has 2 amide bonds. The highest BCUT2D eigenvalue weighted by atomic mass is 16.8. The van der Waals surface area contributed by atoms with Gasteiger partial charge in [0.05, 0.1) is 12.9 Å². The molecular weight excluding hydrogens is 364 g/mol. The molecule has 0 spiro atoms. The number of aliphatic hydroxyl groups is 1. The predicted octanol–water partition coefficient (Wildman–Crippen LogP) is 0.641. The van der Waals surface area contributed by atoms with Crippen LogP contribution in [-0.4, -0.2) is 78.7 Å². The van der Waals surface area contributed by atoms with E-state index in [1.54, 1.807) is 23.5 Å². The van der Waals surface area contributed by atoms with Crippen LogP contribution in [0.2, 0.25) is 0 Å². The van der Waals surface area contributed by atoms with E-state index in [4.69, 9.17) is 14.2 Å². The number of hydrogen-bond donors (Lipinski definition) is 2. The first kappa shape index (κ1) is 18.9. The van der Waals surface area contributed by atoms with Crippen molar-refractivity contribution in [2.24, 2.45) is 4.99 Å². The van der Waals surface area contributed by atoms with Gasteiger partial charge in [-0.1, -0.05) is 30.3 Å². The van der Waals surface area contributed by atoms with Crippen molar-refractivity contribution >= 4 is 12.4 Å². The third-order valence-corrected chi connectivity index (χ3v) is 4.77. The van der Waals surface area contributed by atoms with Crippen LogP contribution < -0.4 is 5.32 Å². The summed E-state index contributed by atoms with van der Waals surface area (Å²) in [6.07, 6.45) is 1.76. The standard InChI is InChI=1S/C19H24N4O5/c1-22(2)11-20-14-8-9-23(19(25)21-14)17-16-15(13(10-24)26-17)27-18(28-16)12-6-4-3-5-7-12/h3-9,11,13-18,24H,10H2,1-2H3,(H,21,25)/t13-,14?,15-,16-,17-,18?/m1/s1. The summed E-state index contributed by atoms with van der Waals surface area (Å²) in [4.78, 5) is 20.1. The molecule has 0 aliphatic carbocycles. The maximum Gasteiger partial charge on any atom is 0.325 e. The monoisotopic (exact) mass is 388 g/mol. The second-order valence-corrected chi connectivity index (χ2v) is 7.06. The van der Waals surface area contributed by atoms with Gasteiger partial charge in [-0.05, 0) is 6.08 Å². The van der Waals surface area contributed by atoms with Crippen molar-refractivity contribution in [2.75, 3.05) is 20.7 Å². The minimum absolute atomic E-state index is 0.225. The largest absolute Gasteiger partial charge is 0.394 e. The van der Waals surface area contributed by atoms with E-state index in [9.17, 15) is 9.90 Å². The molecule has 0 bridgehead atoms. The number of fused-ring (bicyclic) bond motifs is 1. The van der Waals surface area contributed by atoms with Crippen molar-refractivity contribution in [3.8, 4) is 0 Å². The molecule has 2 saturated heterocycles. The number of hydrogen-bond acceptors (Lipinski definition) is 6. The molecule has 1 aromatic rings. The van der Waals surface area contributed by atoms with Crippen LogP contribution >= 0.6 is 0 Å². The Morgan fingerprint density at radius 2 is 1.96 bits per heavy atom. The Balaban J connectivity index is 1.50. The molecule has 3 heterocycles.